The van der Waals surface area contributed by atoms with Gasteiger partial charge in [-0.2, -0.15) is 5.10 Å². The van der Waals surface area contributed by atoms with Crippen molar-refractivity contribution in [2.24, 2.45) is 16.2 Å². The van der Waals surface area contributed by atoms with Crippen LogP contribution in [0, 0.1) is 23.2 Å². The first-order valence-electron chi connectivity index (χ1n) is 34.9. The van der Waals surface area contributed by atoms with Crippen LogP contribution in [0.1, 0.15) is 108 Å². The van der Waals surface area contributed by atoms with Gasteiger partial charge < -0.3 is 79.7 Å². The number of carbonyl (C=O) groups excluding carboxylic acids is 7. The van der Waals surface area contributed by atoms with E-state index in [9.17, 15) is 68.7 Å². The van der Waals surface area contributed by atoms with Crippen molar-refractivity contribution >= 4 is 97.7 Å². The van der Waals surface area contributed by atoms with Gasteiger partial charge >= 0.3 is 18.0 Å². The molecule has 4 bridgehead atoms. The number of hydrogen-bond acceptors (Lipinski definition) is 23. The third kappa shape index (κ3) is 16.7. The summed E-state index contributed by atoms with van der Waals surface area (Å²) in [7, 11) is 3.12. The molecule has 1 saturated heterocycles. The number of hydrogen-bond donors (Lipinski definition) is 9. The quantitative estimate of drug-likeness (QED) is 0.0252. The van der Waals surface area contributed by atoms with E-state index in [2.05, 4.69) is 40.1 Å². The molecule has 6 heterocycles. The number of nitrogens with zero attached hydrogens (tertiary/aromatic N) is 7. The number of thiazole rings is 1. The molecule has 2 unspecified atom stereocenters. The van der Waals surface area contributed by atoms with Crippen LogP contribution in [0.2, 0.25) is 0 Å². The Morgan fingerprint density at radius 2 is 1.49 bits per heavy atom. The van der Waals surface area contributed by atoms with Gasteiger partial charge in [0.1, 0.15) is 48.8 Å². The number of carboxylic acids is 2. The number of rotatable bonds is 30. The zero-order chi connectivity index (χ0) is 75.4. The lowest BCUT2D eigenvalue weighted by molar-refractivity contribution is -0.271. The second-order valence-electron chi connectivity index (χ2n) is 28.7. The lowest BCUT2D eigenvalue weighted by Gasteiger charge is -2.69. The minimum absolute atomic E-state index is 0.0331. The number of nitrogens with one attached hydrogen (secondary N) is 4. The Balaban J connectivity index is 0.671. The van der Waals surface area contributed by atoms with Gasteiger partial charge in [-0.25, -0.2) is 24.4 Å². The number of carboxylic acid groups (broad SMARTS) is 2. The Hall–Kier alpha value is -10.2. The Morgan fingerprint density at radius 1 is 0.774 bits per heavy atom. The zero-order valence-electron chi connectivity index (χ0n) is 59.2. The van der Waals surface area contributed by atoms with E-state index in [-0.39, 0.29) is 105 Å². The standard InChI is InChI=1S/C74H85N11O20S/c1-42-47(45-14-17-54(80-60(45)66(95)96)83-25-22-44-48(33-83)46(13-16-51(44)101-5)65(94)81-69-79-49-10-6-7-11-53(49)106-69)32-77-85(42)41-73-36-71(2)35-72(3,37-73)39-74(38-71,40-73)103-30-27-82(26-29-100-4)70(99)102-28-8-9-43-12-15-52(104-68-63(93)61(91)62(92)64(105-68)67(97)98)50(31-43)78-56(87)21-24-75-55(86)20-23-76-57(88)34-84-58(89)18-19-59(84)90/h6-19,31-32,61-64,68,91-93H,20-30,33-41H2,1-5H3,(H,75,86)(H,76,88)(H,78,87)(H,95,96)(H,97,98)(H,79,81,94)/t61-,62-,63+,64-,68+,71?,72?,73?,74?/m0/s1. The highest BCUT2D eigenvalue weighted by Crippen LogP contribution is 2.72. The van der Waals surface area contributed by atoms with Gasteiger partial charge in [0.2, 0.25) is 24.0 Å². The monoisotopic (exact) mass is 1480 g/mol. The topological polar surface area (TPSA) is 412 Å². The molecule has 3 aromatic carbocycles. The molecule has 562 valence electrons. The van der Waals surface area contributed by atoms with Gasteiger partial charge in [-0.1, -0.05) is 49.5 Å². The lowest BCUT2D eigenvalue weighted by Crippen LogP contribution is -2.64. The molecule has 6 aromatic rings. The summed E-state index contributed by atoms with van der Waals surface area (Å²) in [6.45, 7) is 7.68. The highest BCUT2D eigenvalue weighted by atomic mass is 32.1. The third-order valence-corrected chi connectivity index (χ3v) is 21.3. The molecule has 3 aliphatic heterocycles. The van der Waals surface area contributed by atoms with Crippen LogP contribution in [0.3, 0.4) is 0 Å². The van der Waals surface area contributed by atoms with E-state index in [4.69, 9.17) is 38.5 Å². The number of para-hydroxylation sites is 1. The predicted octanol–water partition coefficient (Wildman–Crippen LogP) is 5.47. The van der Waals surface area contributed by atoms with Crippen LogP contribution in [0.5, 0.6) is 11.5 Å². The number of benzene rings is 3. The van der Waals surface area contributed by atoms with Crippen molar-refractivity contribution in [2.45, 2.75) is 128 Å². The van der Waals surface area contributed by atoms with Crippen molar-refractivity contribution in [1.29, 1.82) is 0 Å². The number of aliphatic carboxylic acids is 1. The van der Waals surface area contributed by atoms with E-state index in [1.165, 1.54) is 41.5 Å². The average Bonchev–Trinajstić information content (AvgIpc) is 0.710. The number of methoxy groups -OCH3 is 2. The summed E-state index contributed by atoms with van der Waals surface area (Å²) in [6.07, 6.45) is 1.82. The smallest absolute Gasteiger partial charge is 0.410 e. The molecular formula is C74H85N11O20S. The van der Waals surface area contributed by atoms with E-state index in [1.54, 1.807) is 43.7 Å². The molecule has 7 amide bonds. The first-order valence-corrected chi connectivity index (χ1v) is 35.7. The Kier molecular flexibility index (Phi) is 22.4. The van der Waals surface area contributed by atoms with Crippen molar-refractivity contribution in [1.82, 2.24) is 40.2 Å². The molecule has 7 atom stereocenters. The van der Waals surface area contributed by atoms with Crippen LogP contribution in [-0.4, -0.2) is 218 Å². The molecule has 31 nitrogen and oxygen atoms in total. The summed E-state index contributed by atoms with van der Waals surface area (Å²) in [6, 6.07) is 19.1. The number of aromatic nitrogens is 4. The van der Waals surface area contributed by atoms with Gasteiger partial charge in [0.25, 0.3) is 17.7 Å². The summed E-state index contributed by atoms with van der Waals surface area (Å²) in [5.74, 6) is -5.35. The molecule has 0 radical (unpaired) electrons. The molecule has 32 heteroatoms. The van der Waals surface area contributed by atoms with Gasteiger partial charge in [0.15, 0.2) is 16.9 Å². The molecule has 4 aliphatic carbocycles. The Morgan fingerprint density at radius 3 is 2.21 bits per heavy atom. The second kappa shape index (κ2) is 31.5. The largest absolute Gasteiger partial charge is 0.496 e. The summed E-state index contributed by atoms with van der Waals surface area (Å²) in [4.78, 5) is 128. The van der Waals surface area contributed by atoms with E-state index in [0.717, 1.165) is 82.6 Å². The third-order valence-electron chi connectivity index (χ3n) is 20.4. The first-order chi connectivity index (χ1) is 50.7. The van der Waals surface area contributed by atoms with Crippen molar-refractivity contribution in [3.8, 4) is 22.6 Å². The fourth-order valence-corrected chi connectivity index (χ4v) is 17.6. The lowest BCUT2D eigenvalue weighted by atomic mass is 9.39. The molecule has 4 saturated carbocycles. The van der Waals surface area contributed by atoms with Gasteiger partial charge in [-0.3, -0.25) is 43.7 Å². The SMILES string of the molecule is COCCN(CCOC12CC3(C)CC(C)(CC(Cn4ncc(-c5ccc(N6CCc7c(OC)ccc(C(=O)Nc8nc9ccccc9s8)c7C6)nc5C(=O)O)c4C)(C3)C1)C2)C(=O)OCC=Cc1ccc(O[C@@H]2O[C@H](C(=O)O)[C@@H](O)[C@H](O)[C@H]2O)c(NC(=O)CCNC(=O)CCNC(=O)CN2C(=O)C=CC2=O)c1. The minimum Gasteiger partial charge on any atom is -0.496 e. The summed E-state index contributed by atoms with van der Waals surface area (Å²) < 4.78 is 38.1. The number of anilines is 3. The van der Waals surface area contributed by atoms with E-state index in [1.807, 2.05) is 46.8 Å². The molecule has 5 fully saturated rings. The maximum atomic E-state index is 14.0. The predicted molar refractivity (Wildman–Crippen MR) is 382 cm³/mol. The highest BCUT2D eigenvalue weighted by molar-refractivity contribution is 7.22. The summed E-state index contributed by atoms with van der Waals surface area (Å²) >= 11 is 1.39. The number of ether oxygens (including phenoxy) is 6. The number of aliphatic hydroxyl groups is 3. The fourth-order valence-electron chi connectivity index (χ4n) is 16.8. The number of aliphatic hydroxyl groups excluding tert-OH is 3. The Labute approximate surface area is 612 Å². The van der Waals surface area contributed by atoms with E-state index >= 15 is 0 Å². The molecule has 13 rings (SSSR count). The Bertz CT molecular complexity index is 4410. The van der Waals surface area contributed by atoms with Crippen molar-refractivity contribution in [3.05, 3.63) is 125 Å². The molecule has 0 spiro atoms. The summed E-state index contributed by atoms with van der Waals surface area (Å²) in [5.41, 5.74) is 4.13. The van der Waals surface area contributed by atoms with Crippen LogP contribution in [0.15, 0.2) is 91.2 Å². The fraction of sp³-hybridized carbons (Fsp3) is 0.459. The van der Waals surface area contributed by atoms with Crippen LogP contribution in [0.4, 0.5) is 21.4 Å². The molecule has 106 heavy (non-hydrogen) atoms. The van der Waals surface area contributed by atoms with Crippen LogP contribution >= 0.6 is 11.3 Å². The van der Waals surface area contributed by atoms with Crippen molar-refractivity contribution in [2.75, 3.05) is 88.8 Å². The van der Waals surface area contributed by atoms with Crippen molar-refractivity contribution < 1.29 is 97.1 Å². The number of fused-ring (bicyclic) bond motifs is 2. The number of carbonyl (C=O) groups is 9. The number of amides is 7. The van der Waals surface area contributed by atoms with Gasteiger partial charge in [0, 0.05) is 106 Å². The first kappa shape index (κ1) is 75.5. The number of imide groups is 1. The maximum absolute atomic E-state index is 14.0. The normalized spacial score (nSPS) is 24.3. The number of pyridine rings is 1. The van der Waals surface area contributed by atoms with E-state index in [0.29, 0.717) is 58.5 Å². The van der Waals surface area contributed by atoms with Crippen LogP contribution < -0.4 is 35.6 Å². The molecule has 3 aromatic heterocycles. The minimum atomic E-state index is -2.01. The summed E-state index contributed by atoms with van der Waals surface area (Å²) in [5, 5.41) is 68.1. The molecule has 7 aliphatic rings. The molecular weight excluding hydrogens is 1390 g/mol. The second-order valence-corrected chi connectivity index (χ2v) is 29.7. The van der Waals surface area contributed by atoms with Gasteiger partial charge in [0.05, 0.1) is 48.0 Å². The average molecular weight is 1480 g/mol. The van der Waals surface area contributed by atoms with Crippen molar-refractivity contribution in [3.63, 3.8) is 0 Å². The molecule has 9 N–H and O–H groups in total. The maximum Gasteiger partial charge on any atom is 0.410 e. The zero-order valence-corrected chi connectivity index (χ0v) is 60.0. The highest BCUT2D eigenvalue weighted by Gasteiger charge is 2.66. The van der Waals surface area contributed by atoms with Gasteiger partial charge in [-0.15, -0.1) is 0 Å². The van der Waals surface area contributed by atoms with Crippen LogP contribution in [-0.2, 0) is 67.2 Å². The van der Waals surface area contributed by atoms with Gasteiger partial charge in [-0.05, 0) is 134 Å². The van der Waals surface area contributed by atoms with E-state index < -0.39 is 90.4 Å². The number of aromatic carboxylic acids is 1. The van der Waals surface area contributed by atoms with Crippen LogP contribution in [0.25, 0.3) is 27.4 Å².